The van der Waals surface area contributed by atoms with Crippen LogP contribution in [-0.4, -0.2) is 41.1 Å². The number of nitrogens with one attached hydrogen (secondary N) is 1. The topological polar surface area (TPSA) is 96.1 Å². The molecule has 7 nitrogen and oxygen atoms in total. The molecule has 8 heteroatoms. The number of nitrogens with zero attached hydrogens (tertiary/aromatic N) is 4. The molecule has 3 aromatic heterocycles. The van der Waals surface area contributed by atoms with E-state index in [2.05, 4.69) is 93.1 Å². The lowest BCUT2D eigenvalue weighted by Crippen LogP contribution is -2.26. The molecule has 0 amide bonds. The number of aromatic nitrogens is 4. The van der Waals surface area contributed by atoms with Crippen LogP contribution in [0.4, 0.5) is 5.82 Å². The summed E-state index contributed by atoms with van der Waals surface area (Å²) in [5.74, 6) is 0.170. The molecule has 2 atom stereocenters. The zero-order valence-electron chi connectivity index (χ0n) is 22.4. The summed E-state index contributed by atoms with van der Waals surface area (Å²) in [7, 11) is 0. The SMILES string of the molecule is CC(C)(C)Nc1ccc2cc(Br)c(CCC3CCC(n4ccc5cncnc54)C3)cc2n1.CC(C)(O)O. The van der Waals surface area contributed by atoms with Gasteiger partial charge in [0.1, 0.15) is 17.8 Å². The summed E-state index contributed by atoms with van der Waals surface area (Å²) >= 11 is 3.80. The third-order valence-corrected chi connectivity index (χ3v) is 7.21. The number of anilines is 1. The highest BCUT2D eigenvalue weighted by Gasteiger charge is 2.27. The molecule has 3 heterocycles. The van der Waals surface area contributed by atoms with Crippen LogP contribution in [0.1, 0.15) is 71.9 Å². The molecule has 0 bridgehead atoms. The Morgan fingerprint density at radius 2 is 1.81 bits per heavy atom. The molecule has 4 aromatic rings. The van der Waals surface area contributed by atoms with E-state index in [0.29, 0.717) is 6.04 Å². The number of hydrogen-bond donors (Lipinski definition) is 3. The largest absolute Gasteiger partial charge is 0.366 e. The Kier molecular flexibility index (Phi) is 8.21. The van der Waals surface area contributed by atoms with E-state index in [1.807, 2.05) is 6.20 Å². The third kappa shape index (κ3) is 7.72. The summed E-state index contributed by atoms with van der Waals surface area (Å²) in [6.07, 6.45) is 11.7. The monoisotopic (exact) mass is 567 g/mol. The minimum absolute atomic E-state index is 0.00500. The van der Waals surface area contributed by atoms with Crippen molar-refractivity contribution in [2.45, 2.75) is 84.1 Å². The van der Waals surface area contributed by atoms with Crippen molar-refractivity contribution in [2.24, 2.45) is 5.92 Å². The molecular formula is C29H38BrN5O2. The quantitative estimate of drug-likeness (QED) is 0.234. The van der Waals surface area contributed by atoms with Gasteiger partial charge in [0.05, 0.1) is 5.52 Å². The van der Waals surface area contributed by atoms with Gasteiger partial charge >= 0.3 is 0 Å². The van der Waals surface area contributed by atoms with Crippen LogP contribution in [0.25, 0.3) is 21.9 Å². The summed E-state index contributed by atoms with van der Waals surface area (Å²) in [4.78, 5) is 13.5. The number of halogens is 1. The van der Waals surface area contributed by atoms with E-state index in [1.54, 1.807) is 6.33 Å². The fourth-order valence-corrected chi connectivity index (χ4v) is 5.51. The highest BCUT2D eigenvalue weighted by molar-refractivity contribution is 9.10. The summed E-state index contributed by atoms with van der Waals surface area (Å²) in [6.45, 7) is 9.07. The molecule has 5 rings (SSSR count). The number of aryl methyl sites for hydroxylation is 1. The van der Waals surface area contributed by atoms with Crippen molar-refractivity contribution in [3.63, 3.8) is 0 Å². The molecule has 1 fully saturated rings. The first-order valence-corrected chi connectivity index (χ1v) is 13.7. The minimum atomic E-state index is -1.50. The molecule has 0 radical (unpaired) electrons. The maximum atomic E-state index is 8.08. The molecular weight excluding hydrogens is 530 g/mol. The van der Waals surface area contributed by atoms with Gasteiger partial charge < -0.3 is 20.1 Å². The third-order valence-electron chi connectivity index (χ3n) is 6.47. The number of pyridine rings is 1. The van der Waals surface area contributed by atoms with Gasteiger partial charge in [0.25, 0.3) is 0 Å². The van der Waals surface area contributed by atoms with Crippen LogP contribution in [0, 0.1) is 5.92 Å². The highest BCUT2D eigenvalue weighted by atomic mass is 79.9. The number of rotatable bonds is 5. The van der Waals surface area contributed by atoms with Crippen molar-refractivity contribution in [3.8, 4) is 0 Å². The Hall–Kier alpha value is -2.55. The van der Waals surface area contributed by atoms with E-state index in [1.165, 1.54) is 55.0 Å². The molecule has 1 aromatic carbocycles. The molecule has 3 N–H and O–H groups in total. The molecule has 1 saturated carbocycles. The number of benzene rings is 1. The predicted molar refractivity (Wildman–Crippen MR) is 154 cm³/mol. The van der Waals surface area contributed by atoms with Gasteiger partial charge in [0, 0.05) is 39.2 Å². The van der Waals surface area contributed by atoms with Gasteiger partial charge in [-0.3, -0.25) is 0 Å². The van der Waals surface area contributed by atoms with E-state index in [9.17, 15) is 0 Å². The maximum Gasteiger partial charge on any atom is 0.156 e. The van der Waals surface area contributed by atoms with Crippen LogP contribution in [0.5, 0.6) is 0 Å². The zero-order valence-corrected chi connectivity index (χ0v) is 24.0. The summed E-state index contributed by atoms with van der Waals surface area (Å²) in [6, 6.07) is 11.4. The van der Waals surface area contributed by atoms with Crippen molar-refractivity contribution in [3.05, 3.63) is 59.1 Å². The number of aliphatic hydroxyl groups is 2. The molecule has 0 spiro atoms. The van der Waals surface area contributed by atoms with Crippen LogP contribution in [0.15, 0.2) is 53.5 Å². The van der Waals surface area contributed by atoms with Crippen LogP contribution in [-0.2, 0) is 6.42 Å². The number of fused-ring (bicyclic) bond motifs is 2. The maximum absolute atomic E-state index is 8.08. The minimum Gasteiger partial charge on any atom is -0.366 e. The average molecular weight is 569 g/mol. The molecule has 1 aliphatic carbocycles. The van der Waals surface area contributed by atoms with Gasteiger partial charge in [-0.1, -0.05) is 15.9 Å². The standard InChI is InChI=1S/C26H30BrN5.C3H8O2/c1-26(2,3)31-24-9-7-19-13-22(27)18(14-23(19)30-24)6-4-17-5-8-21(12-17)32-11-10-20-15-28-16-29-25(20)32;1-3(2,4)5/h7,9-11,13-17,21H,4-6,8,12H2,1-3H3,(H,30,31);4-5H,1-2H3. The summed E-state index contributed by atoms with van der Waals surface area (Å²) < 4.78 is 3.54. The summed E-state index contributed by atoms with van der Waals surface area (Å²) in [5.41, 5.74) is 3.46. The Balaban J connectivity index is 0.000000586. The van der Waals surface area contributed by atoms with Gasteiger partial charge in [-0.15, -0.1) is 0 Å². The molecule has 198 valence electrons. The normalized spacial score (nSPS) is 18.2. The van der Waals surface area contributed by atoms with Crippen molar-refractivity contribution < 1.29 is 10.2 Å². The highest BCUT2D eigenvalue weighted by Crippen LogP contribution is 2.39. The van der Waals surface area contributed by atoms with Crippen LogP contribution >= 0.6 is 15.9 Å². The van der Waals surface area contributed by atoms with E-state index in [4.69, 9.17) is 15.2 Å². The second kappa shape index (κ2) is 11.1. The second-order valence-electron chi connectivity index (χ2n) is 11.6. The van der Waals surface area contributed by atoms with Crippen molar-refractivity contribution in [1.82, 2.24) is 19.5 Å². The first-order valence-electron chi connectivity index (χ1n) is 12.9. The first-order chi connectivity index (χ1) is 17.4. The molecule has 37 heavy (non-hydrogen) atoms. The lowest BCUT2D eigenvalue weighted by atomic mass is 9.97. The lowest BCUT2D eigenvalue weighted by Gasteiger charge is -2.21. The van der Waals surface area contributed by atoms with Crippen molar-refractivity contribution in [2.75, 3.05) is 5.32 Å². The Morgan fingerprint density at radius 1 is 1.05 bits per heavy atom. The first kappa shape index (κ1) is 27.5. The Morgan fingerprint density at radius 3 is 2.54 bits per heavy atom. The second-order valence-corrected chi connectivity index (χ2v) is 12.5. The fourth-order valence-electron chi connectivity index (χ4n) is 4.95. The molecule has 0 saturated heterocycles. The molecule has 0 aliphatic heterocycles. The van der Waals surface area contributed by atoms with Crippen LogP contribution < -0.4 is 5.32 Å². The van der Waals surface area contributed by atoms with Crippen molar-refractivity contribution in [1.29, 1.82) is 0 Å². The van der Waals surface area contributed by atoms with Crippen LogP contribution in [0.2, 0.25) is 0 Å². The Bertz CT molecular complexity index is 1350. The van der Waals surface area contributed by atoms with E-state index in [0.717, 1.165) is 34.7 Å². The van der Waals surface area contributed by atoms with Gasteiger partial charge in [0.2, 0.25) is 0 Å². The smallest absolute Gasteiger partial charge is 0.156 e. The number of hydrogen-bond acceptors (Lipinski definition) is 6. The van der Waals surface area contributed by atoms with Gasteiger partial charge in [-0.25, -0.2) is 15.0 Å². The van der Waals surface area contributed by atoms with Gasteiger partial charge in [0.15, 0.2) is 5.79 Å². The molecule has 1 aliphatic rings. The van der Waals surface area contributed by atoms with Crippen LogP contribution in [0.3, 0.4) is 0 Å². The summed E-state index contributed by atoms with van der Waals surface area (Å²) in [5, 5.41) is 21.9. The Labute approximate surface area is 227 Å². The predicted octanol–water partition coefficient (Wildman–Crippen LogP) is 6.63. The van der Waals surface area contributed by atoms with E-state index in [-0.39, 0.29) is 5.54 Å². The average Bonchev–Trinajstić information content (AvgIpc) is 3.42. The van der Waals surface area contributed by atoms with Gasteiger partial charge in [-0.2, -0.15) is 0 Å². The fraction of sp³-hybridized carbons (Fsp3) is 0.483. The van der Waals surface area contributed by atoms with E-state index < -0.39 is 5.79 Å². The lowest BCUT2D eigenvalue weighted by molar-refractivity contribution is -0.127. The van der Waals surface area contributed by atoms with Gasteiger partial charge in [-0.05, 0) is 109 Å². The van der Waals surface area contributed by atoms with E-state index >= 15 is 0 Å². The molecule has 2 unspecified atom stereocenters. The zero-order chi connectivity index (χ0) is 26.8. The van der Waals surface area contributed by atoms with Crippen molar-refractivity contribution >= 4 is 43.7 Å².